The van der Waals surface area contributed by atoms with Gasteiger partial charge in [0.05, 0.1) is 23.0 Å². The number of para-hydroxylation sites is 1. The van der Waals surface area contributed by atoms with Crippen molar-refractivity contribution in [3.05, 3.63) is 41.8 Å². The Kier molecular flexibility index (Phi) is 2.30. The number of rotatable bonds is 2. The molecule has 4 nitrogen and oxygen atoms in total. The molecule has 0 amide bonds. The lowest BCUT2D eigenvalue weighted by molar-refractivity contribution is 0.102. The van der Waals surface area contributed by atoms with Crippen molar-refractivity contribution < 1.29 is 9.32 Å². The molecule has 0 saturated carbocycles. The second-order valence-corrected chi connectivity index (χ2v) is 4.27. The van der Waals surface area contributed by atoms with Crippen LogP contribution in [0.25, 0.3) is 22.2 Å². The molecule has 0 bridgehead atoms. The summed E-state index contributed by atoms with van der Waals surface area (Å²) in [4.78, 5) is 15.1. The first kappa shape index (κ1) is 10.8. The highest BCUT2D eigenvalue weighted by atomic mass is 16.5. The fourth-order valence-corrected chi connectivity index (χ4v) is 2.25. The third kappa shape index (κ3) is 1.46. The number of carbonyl (C=O) groups excluding carboxylic acids is 1. The van der Waals surface area contributed by atoms with Crippen LogP contribution in [0.2, 0.25) is 0 Å². The molecule has 0 aliphatic heterocycles. The molecule has 0 unspecified atom stereocenters. The van der Waals surface area contributed by atoms with E-state index < -0.39 is 0 Å². The van der Waals surface area contributed by atoms with Gasteiger partial charge in [0.1, 0.15) is 5.76 Å². The van der Waals surface area contributed by atoms with Gasteiger partial charge < -0.3 is 9.51 Å². The number of nitrogens with one attached hydrogen (secondary N) is 1. The molecule has 0 spiro atoms. The number of aryl methyl sites for hydroxylation is 1. The number of nitrogens with zero attached hydrogens (tertiary/aromatic N) is 1. The summed E-state index contributed by atoms with van der Waals surface area (Å²) in [6, 6.07) is 7.75. The number of fused-ring (bicyclic) bond motifs is 1. The monoisotopic (exact) mass is 240 g/mol. The number of hydrogen-bond acceptors (Lipinski definition) is 3. The highest BCUT2D eigenvalue weighted by Gasteiger charge is 2.19. The second-order valence-electron chi connectivity index (χ2n) is 4.27. The van der Waals surface area contributed by atoms with Gasteiger partial charge >= 0.3 is 0 Å². The van der Waals surface area contributed by atoms with Gasteiger partial charge in [-0.15, -0.1) is 0 Å². The summed E-state index contributed by atoms with van der Waals surface area (Å²) in [7, 11) is 0. The van der Waals surface area contributed by atoms with Crippen LogP contribution in [0, 0.1) is 6.92 Å². The van der Waals surface area contributed by atoms with Crippen LogP contribution < -0.4 is 0 Å². The van der Waals surface area contributed by atoms with Gasteiger partial charge in [-0.2, -0.15) is 0 Å². The van der Waals surface area contributed by atoms with Gasteiger partial charge in [-0.05, 0) is 19.9 Å². The molecule has 2 heterocycles. The van der Waals surface area contributed by atoms with E-state index in [2.05, 4.69) is 10.1 Å². The highest BCUT2D eigenvalue weighted by Crippen LogP contribution is 2.32. The van der Waals surface area contributed by atoms with Crippen molar-refractivity contribution in [1.29, 1.82) is 0 Å². The molecule has 0 atom stereocenters. The van der Waals surface area contributed by atoms with E-state index in [0.29, 0.717) is 11.3 Å². The number of H-pyrrole nitrogens is 1. The molecule has 4 heteroatoms. The fourth-order valence-electron chi connectivity index (χ4n) is 2.25. The van der Waals surface area contributed by atoms with Crippen LogP contribution in [-0.2, 0) is 0 Å². The minimum Gasteiger partial charge on any atom is -0.361 e. The van der Waals surface area contributed by atoms with Crippen LogP contribution >= 0.6 is 0 Å². The van der Waals surface area contributed by atoms with E-state index in [-0.39, 0.29) is 5.78 Å². The molecular formula is C14H12N2O2. The maximum absolute atomic E-state index is 11.9. The summed E-state index contributed by atoms with van der Waals surface area (Å²) in [6.07, 6.45) is 1.63. The van der Waals surface area contributed by atoms with Crippen molar-refractivity contribution in [2.24, 2.45) is 0 Å². The van der Waals surface area contributed by atoms with Crippen LogP contribution in [0.1, 0.15) is 23.0 Å². The third-order valence-corrected chi connectivity index (χ3v) is 3.08. The largest absolute Gasteiger partial charge is 0.361 e. The van der Waals surface area contributed by atoms with Gasteiger partial charge in [-0.1, -0.05) is 23.4 Å². The first-order chi connectivity index (χ1) is 8.68. The molecular weight excluding hydrogens is 228 g/mol. The van der Waals surface area contributed by atoms with Gasteiger partial charge in [0.2, 0.25) is 0 Å². The minimum absolute atomic E-state index is 0.0306. The Labute approximate surface area is 104 Å². The first-order valence-electron chi connectivity index (χ1n) is 5.72. The van der Waals surface area contributed by atoms with Crippen molar-refractivity contribution in [3.8, 4) is 11.3 Å². The predicted octanol–water partition coefficient (Wildman–Crippen LogP) is 3.33. The van der Waals surface area contributed by atoms with E-state index in [1.165, 1.54) is 0 Å². The van der Waals surface area contributed by atoms with E-state index in [9.17, 15) is 4.79 Å². The molecule has 0 saturated heterocycles. The Morgan fingerprint density at radius 2 is 2.11 bits per heavy atom. The summed E-state index contributed by atoms with van der Waals surface area (Å²) < 4.78 is 5.07. The average molecular weight is 240 g/mol. The Balaban J connectivity index is 2.39. The van der Waals surface area contributed by atoms with Crippen molar-refractivity contribution in [3.63, 3.8) is 0 Å². The molecule has 3 rings (SSSR count). The first-order valence-corrected chi connectivity index (χ1v) is 5.72. The molecule has 1 aromatic carbocycles. The molecule has 0 radical (unpaired) electrons. The number of aromatic nitrogens is 2. The van der Waals surface area contributed by atoms with Gasteiger partial charge in [-0.3, -0.25) is 4.79 Å². The van der Waals surface area contributed by atoms with E-state index in [1.54, 1.807) is 13.1 Å². The molecule has 2 aromatic heterocycles. The lowest BCUT2D eigenvalue weighted by Gasteiger charge is -1.98. The van der Waals surface area contributed by atoms with Crippen LogP contribution in [-0.4, -0.2) is 15.9 Å². The van der Waals surface area contributed by atoms with Gasteiger partial charge in [0, 0.05) is 10.9 Å². The van der Waals surface area contributed by atoms with Gasteiger partial charge in [-0.25, -0.2) is 0 Å². The normalized spacial score (nSPS) is 11.0. The standard InChI is InChI=1S/C14H12N2O2/c1-8(17)13-10-5-3-4-6-12(10)16-14(13)11-7-15-18-9(11)2/h3-7,16H,1-2H3. The van der Waals surface area contributed by atoms with E-state index in [4.69, 9.17) is 4.52 Å². The molecule has 90 valence electrons. The van der Waals surface area contributed by atoms with Crippen LogP contribution in [0.5, 0.6) is 0 Å². The van der Waals surface area contributed by atoms with Crippen LogP contribution in [0.4, 0.5) is 0 Å². The van der Waals surface area contributed by atoms with E-state index >= 15 is 0 Å². The lowest BCUT2D eigenvalue weighted by Crippen LogP contribution is -1.93. The van der Waals surface area contributed by atoms with Crippen LogP contribution in [0.15, 0.2) is 35.0 Å². The molecule has 3 aromatic rings. The summed E-state index contributed by atoms with van der Waals surface area (Å²) in [5.74, 6) is 0.729. The van der Waals surface area contributed by atoms with E-state index in [0.717, 1.165) is 22.2 Å². The summed E-state index contributed by atoms with van der Waals surface area (Å²) in [6.45, 7) is 3.40. The number of hydrogen-bond donors (Lipinski definition) is 1. The van der Waals surface area contributed by atoms with Crippen molar-refractivity contribution in [2.45, 2.75) is 13.8 Å². The third-order valence-electron chi connectivity index (χ3n) is 3.08. The zero-order valence-corrected chi connectivity index (χ0v) is 10.2. The number of aromatic amines is 1. The molecule has 1 N–H and O–H groups in total. The molecule has 0 aliphatic rings. The smallest absolute Gasteiger partial charge is 0.162 e. The van der Waals surface area contributed by atoms with Crippen molar-refractivity contribution in [1.82, 2.24) is 10.1 Å². The maximum Gasteiger partial charge on any atom is 0.162 e. The maximum atomic E-state index is 11.9. The quantitative estimate of drug-likeness (QED) is 0.699. The predicted molar refractivity (Wildman–Crippen MR) is 68.5 cm³/mol. The van der Waals surface area contributed by atoms with Gasteiger partial charge in [0.25, 0.3) is 0 Å². The summed E-state index contributed by atoms with van der Waals surface area (Å²) in [5.41, 5.74) is 3.24. The molecule has 0 aliphatic carbocycles. The Hall–Kier alpha value is -2.36. The zero-order valence-electron chi connectivity index (χ0n) is 10.2. The topological polar surface area (TPSA) is 58.9 Å². The number of benzene rings is 1. The minimum atomic E-state index is 0.0306. The zero-order chi connectivity index (χ0) is 12.7. The second kappa shape index (κ2) is 3.84. The number of carbonyl (C=O) groups is 1. The van der Waals surface area contributed by atoms with Crippen molar-refractivity contribution in [2.75, 3.05) is 0 Å². The SMILES string of the molecule is CC(=O)c1c(-c2cnoc2C)[nH]c2ccccc12. The fraction of sp³-hybridized carbons (Fsp3) is 0.143. The Morgan fingerprint density at radius 3 is 2.78 bits per heavy atom. The Bertz CT molecular complexity index is 737. The summed E-state index contributed by atoms with van der Waals surface area (Å²) >= 11 is 0. The average Bonchev–Trinajstić information content (AvgIpc) is 2.91. The number of ketones is 1. The van der Waals surface area contributed by atoms with Crippen molar-refractivity contribution >= 4 is 16.7 Å². The summed E-state index contributed by atoms with van der Waals surface area (Å²) in [5, 5.41) is 4.69. The number of Topliss-reactive ketones (excluding diaryl/α,β-unsaturated/α-hetero) is 1. The Morgan fingerprint density at radius 1 is 1.33 bits per heavy atom. The molecule has 0 fully saturated rings. The highest BCUT2D eigenvalue weighted by molar-refractivity contribution is 6.12. The van der Waals surface area contributed by atoms with E-state index in [1.807, 2.05) is 31.2 Å². The van der Waals surface area contributed by atoms with Crippen LogP contribution in [0.3, 0.4) is 0 Å². The molecule has 18 heavy (non-hydrogen) atoms. The lowest BCUT2D eigenvalue weighted by atomic mass is 10.0. The van der Waals surface area contributed by atoms with Gasteiger partial charge in [0.15, 0.2) is 5.78 Å².